The maximum Gasteiger partial charge on any atom is 0.408 e. The highest BCUT2D eigenvalue weighted by molar-refractivity contribution is 5.86. The Balaban J connectivity index is 1.47. The van der Waals surface area contributed by atoms with Gasteiger partial charge >= 0.3 is 12.1 Å². The summed E-state index contributed by atoms with van der Waals surface area (Å²) in [6.45, 7) is 10.7. The molecule has 272 valence electrons. The second kappa shape index (κ2) is 20.9. The number of alkyl carbamates (subject to hydrolysis) is 1. The normalized spacial score (nSPS) is 12.7. The quantitative estimate of drug-likeness (QED) is 0.0878. The summed E-state index contributed by atoms with van der Waals surface area (Å²) in [5, 5.41) is 18.2. The molecule has 0 bridgehead atoms. The first-order valence-electron chi connectivity index (χ1n) is 16.9. The van der Waals surface area contributed by atoms with E-state index in [1.54, 1.807) is 19.9 Å². The van der Waals surface area contributed by atoms with Crippen LogP contribution in [-0.4, -0.2) is 59.8 Å². The summed E-state index contributed by atoms with van der Waals surface area (Å²) in [6.07, 6.45) is 2.80. The first kappa shape index (κ1) is 40.0. The van der Waals surface area contributed by atoms with Crippen molar-refractivity contribution in [3.63, 3.8) is 0 Å². The van der Waals surface area contributed by atoms with Crippen LogP contribution in [0.5, 0.6) is 5.75 Å². The lowest BCUT2D eigenvalue weighted by atomic mass is 9.97. The fourth-order valence-electron chi connectivity index (χ4n) is 5.01. The average Bonchev–Trinajstić information content (AvgIpc) is 3.12. The zero-order chi connectivity index (χ0) is 37.1. The van der Waals surface area contributed by atoms with E-state index in [0.717, 1.165) is 16.7 Å². The zero-order valence-corrected chi connectivity index (χ0v) is 29.3. The van der Waals surface area contributed by atoms with E-state index in [-0.39, 0.29) is 39.1 Å². The number of rotatable bonds is 21. The number of hydrogen-bond donors (Lipinski definition) is 4. The molecule has 3 aromatic carbocycles. The standard InChI is InChI=1S/C40H49N3O8/c1-5-13-32(24-36(45)41-33(25-44)23-29-19-21-34(22-20-29)49-26-30-15-9-7-10-16-30)37(46)43-40(3,4)28-51-38(47)35(14-6-2)42-39(48)50-27-31-17-11-8-12-18-31/h5-12,15-22,32-33,35,44H,1-2,13-14,23-28H2,3-4H3,(H,41,45)(H,42,48)(H,43,46). The molecular formula is C40H49N3O8. The summed E-state index contributed by atoms with van der Waals surface area (Å²) in [5.41, 5.74) is 1.73. The van der Waals surface area contributed by atoms with E-state index in [1.807, 2.05) is 84.9 Å². The van der Waals surface area contributed by atoms with Crippen molar-refractivity contribution in [3.05, 3.63) is 127 Å². The van der Waals surface area contributed by atoms with Gasteiger partial charge in [-0.3, -0.25) is 9.59 Å². The second-order valence-corrected chi connectivity index (χ2v) is 12.8. The molecule has 11 nitrogen and oxygen atoms in total. The third kappa shape index (κ3) is 14.9. The van der Waals surface area contributed by atoms with Gasteiger partial charge in [0, 0.05) is 6.42 Å². The molecule has 11 heteroatoms. The van der Waals surface area contributed by atoms with Gasteiger partial charge in [-0.2, -0.15) is 0 Å². The first-order valence-corrected chi connectivity index (χ1v) is 16.9. The van der Waals surface area contributed by atoms with E-state index in [0.29, 0.717) is 18.8 Å². The summed E-state index contributed by atoms with van der Waals surface area (Å²) in [7, 11) is 0. The zero-order valence-electron chi connectivity index (χ0n) is 29.3. The Labute approximate surface area is 300 Å². The molecule has 0 spiro atoms. The number of allylic oxidation sites excluding steroid dienone is 1. The van der Waals surface area contributed by atoms with Gasteiger partial charge in [-0.05, 0) is 61.9 Å². The van der Waals surface area contributed by atoms with Gasteiger partial charge in [0.2, 0.25) is 11.8 Å². The van der Waals surface area contributed by atoms with Crippen LogP contribution in [0.3, 0.4) is 0 Å². The molecule has 0 radical (unpaired) electrons. The number of hydrogen-bond acceptors (Lipinski definition) is 8. The number of benzene rings is 3. The number of carbonyl (C=O) groups is 4. The van der Waals surface area contributed by atoms with E-state index in [2.05, 4.69) is 29.1 Å². The fourth-order valence-corrected chi connectivity index (χ4v) is 5.01. The Morgan fingerprint density at radius 1 is 0.784 bits per heavy atom. The van der Waals surface area contributed by atoms with Gasteiger partial charge in [0.05, 0.1) is 24.1 Å². The van der Waals surface area contributed by atoms with Crippen molar-refractivity contribution in [1.29, 1.82) is 0 Å². The molecular weight excluding hydrogens is 650 g/mol. The van der Waals surface area contributed by atoms with Gasteiger partial charge in [0.25, 0.3) is 0 Å². The minimum absolute atomic E-state index is 0.0334. The third-order valence-electron chi connectivity index (χ3n) is 7.72. The molecule has 0 heterocycles. The van der Waals surface area contributed by atoms with Gasteiger partial charge in [-0.25, -0.2) is 9.59 Å². The minimum Gasteiger partial charge on any atom is -0.489 e. The Morgan fingerprint density at radius 2 is 1.39 bits per heavy atom. The maximum absolute atomic E-state index is 13.3. The Kier molecular flexibility index (Phi) is 16.4. The SMILES string of the molecule is C=CCC(CC(=O)NC(CO)Cc1ccc(OCc2ccccc2)cc1)C(=O)NC(C)(C)COC(=O)C(CC=C)NC(=O)OCc1ccccc1. The second-order valence-electron chi connectivity index (χ2n) is 12.8. The molecule has 3 rings (SSSR count). The largest absolute Gasteiger partial charge is 0.489 e. The highest BCUT2D eigenvalue weighted by Crippen LogP contribution is 2.17. The van der Waals surface area contributed by atoms with Gasteiger partial charge in [0.1, 0.15) is 31.6 Å². The van der Waals surface area contributed by atoms with Crippen LogP contribution in [0.2, 0.25) is 0 Å². The van der Waals surface area contributed by atoms with E-state index in [4.69, 9.17) is 14.2 Å². The van der Waals surface area contributed by atoms with Gasteiger partial charge in [-0.1, -0.05) is 84.9 Å². The number of amides is 3. The summed E-state index contributed by atoms with van der Waals surface area (Å²) < 4.78 is 16.5. The predicted octanol–water partition coefficient (Wildman–Crippen LogP) is 5.18. The van der Waals surface area contributed by atoms with Crippen LogP contribution in [0.1, 0.15) is 49.8 Å². The molecule has 3 atom stereocenters. The topological polar surface area (TPSA) is 152 Å². The van der Waals surface area contributed by atoms with E-state index in [1.165, 1.54) is 6.08 Å². The molecule has 0 aliphatic carbocycles. The summed E-state index contributed by atoms with van der Waals surface area (Å²) >= 11 is 0. The number of aliphatic hydroxyl groups is 1. The maximum atomic E-state index is 13.3. The van der Waals surface area contributed by atoms with E-state index in [9.17, 15) is 24.3 Å². The number of ether oxygens (including phenoxy) is 3. The number of nitrogens with one attached hydrogen (secondary N) is 3. The van der Waals surface area contributed by atoms with Crippen molar-refractivity contribution < 1.29 is 38.5 Å². The van der Waals surface area contributed by atoms with Crippen LogP contribution < -0.4 is 20.7 Å². The fraction of sp³-hybridized carbons (Fsp3) is 0.350. The van der Waals surface area contributed by atoms with Crippen LogP contribution in [0.25, 0.3) is 0 Å². The summed E-state index contributed by atoms with van der Waals surface area (Å²) in [5.74, 6) is -1.60. The van der Waals surface area contributed by atoms with Crippen molar-refractivity contribution in [3.8, 4) is 5.75 Å². The number of aliphatic hydroxyl groups excluding tert-OH is 1. The molecule has 4 N–H and O–H groups in total. The third-order valence-corrected chi connectivity index (χ3v) is 7.72. The Morgan fingerprint density at radius 3 is 1.98 bits per heavy atom. The Bertz CT molecular complexity index is 1560. The summed E-state index contributed by atoms with van der Waals surface area (Å²) in [4.78, 5) is 51.5. The van der Waals surface area contributed by atoms with Crippen molar-refractivity contribution >= 4 is 23.9 Å². The molecule has 0 saturated heterocycles. The van der Waals surface area contributed by atoms with Crippen LogP contribution in [0.15, 0.2) is 110 Å². The average molecular weight is 700 g/mol. The van der Waals surface area contributed by atoms with Crippen LogP contribution in [0, 0.1) is 5.92 Å². The van der Waals surface area contributed by atoms with Crippen molar-refractivity contribution in [1.82, 2.24) is 16.0 Å². The highest BCUT2D eigenvalue weighted by Gasteiger charge is 2.30. The first-order chi connectivity index (χ1) is 24.5. The molecule has 0 saturated carbocycles. The molecule has 0 aromatic heterocycles. The lowest BCUT2D eigenvalue weighted by Crippen LogP contribution is -2.51. The van der Waals surface area contributed by atoms with Crippen LogP contribution in [0.4, 0.5) is 4.79 Å². The molecule has 3 unspecified atom stereocenters. The monoisotopic (exact) mass is 699 g/mol. The van der Waals surface area contributed by atoms with Gasteiger partial charge in [0.15, 0.2) is 0 Å². The number of esters is 1. The van der Waals surface area contributed by atoms with Crippen molar-refractivity contribution in [2.24, 2.45) is 5.92 Å². The summed E-state index contributed by atoms with van der Waals surface area (Å²) in [6, 6.07) is 24.8. The highest BCUT2D eigenvalue weighted by atomic mass is 16.6. The number of carbonyl (C=O) groups excluding carboxylic acids is 4. The molecule has 3 amide bonds. The molecule has 51 heavy (non-hydrogen) atoms. The van der Waals surface area contributed by atoms with Crippen molar-refractivity contribution in [2.75, 3.05) is 13.2 Å². The molecule has 0 fully saturated rings. The molecule has 0 aliphatic heterocycles. The lowest BCUT2D eigenvalue weighted by molar-refractivity contribution is -0.149. The smallest absolute Gasteiger partial charge is 0.408 e. The van der Waals surface area contributed by atoms with Crippen LogP contribution >= 0.6 is 0 Å². The van der Waals surface area contributed by atoms with Gasteiger partial charge in [-0.15, -0.1) is 13.2 Å². The van der Waals surface area contributed by atoms with Gasteiger partial charge < -0.3 is 35.3 Å². The van der Waals surface area contributed by atoms with E-state index < -0.39 is 47.4 Å². The lowest BCUT2D eigenvalue weighted by Gasteiger charge is -2.29. The predicted molar refractivity (Wildman–Crippen MR) is 194 cm³/mol. The van der Waals surface area contributed by atoms with E-state index >= 15 is 0 Å². The van der Waals surface area contributed by atoms with Crippen LogP contribution in [-0.2, 0) is 43.5 Å². The molecule has 3 aromatic rings. The Hall–Kier alpha value is -5.42. The van der Waals surface area contributed by atoms with Crippen molar-refractivity contribution in [2.45, 2.75) is 70.4 Å². The molecule has 0 aliphatic rings. The minimum atomic E-state index is -1.04.